The second kappa shape index (κ2) is 13.0. The Labute approximate surface area is 117 Å². The first-order valence-corrected chi connectivity index (χ1v) is 8.26. The average molecular weight is 274 g/mol. The molecule has 0 bridgehead atoms. The largest absolute Gasteiger partial charge is 0.357 e. The summed E-state index contributed by atoms with van der Waals surface area (Å²) in [6, 6.07) is 0. The summed E-state index contributed by atoms with van der Waals surface area (Å²) < 4.78 is 0. The highest BCUT2D eigenvalue weighted by atomic mass is 32.2. The Kier molecular flexibility index (Phi) is 12.7. The highest BCUT2D eigenvalue weighted by Gasteiger charge is 1.96. The molecule has 0 spiro atoms. The van der Waals surface area contributed by atoms with Gasteiger partial charge in [-0.15, -0.1) is 0 Å². The van der Waals surface area contributed by atoms with E-state index in [-0.39, 0.29) is 0 Å². The van der Waals surface area contributed by atoms with E-state index in [2.05, 4.69) is 47.8 Å². The summed E-state index contributed by atoms with van der Waals surface area (Å²) in [6.07, 6.45) is 5.75. The number of guanidine groups is 1. The van der Waals surface area contributed by atoms with Gasteiger partial charge in [0.15, 0.2) is 5.96 Å². The zero-order chi connectivity index (χ0) is 13.6. The monoisotopic (exact) mass is 274 g/mol. The van der Waals surface area contributed by atoms with Gasteiger partial charge < -0.3 is 15.5 Å². The van der Waals surface area contributed by atoms with Crippen LogP contribution in [-0.2, 0) is 0 Å². The predicted octanol–water partition coefficient (Wildman–Crippen LogP) is 1.64. The van der Waals surface area contributed by atoms with Gasteiger partial charge in [-0.2, -0.15) is 11.8 Å². The van der Waals surface area contributed by atoms with Crippen molar-refractivity contribution in [1.82, 2.24) is 15.5 Å². The molecule has 0 aromatic rings. The van der Waals surface area contributed by atoms with Gasteiger partial charge in [-0.25, -0.2) is 0 Å². The summed E-state index contributed by atoms with van der Waals surface area (Å²) in [6.45, 7) is 6.02. The van der Waals surface area contributed by atoms with Gasteiger partial charge in [0.25, 0.3) is 0 Å². The van der Waals surface area contributed by atoms with E-state index in [1.165, 1.54) is 18.6 Å². The minimum Gasteiger partial charge on any atom is -0.357 e. The summed E-state index contributed by atoms with van der Waals surface area (Å²) in [5, 5.41) is 6.67. The number of hydrogen-bond acceptors (Lipinski definition) is 3. The second-order valence-corrected chi connectivity index (χ2v) is 5.53. The molecular formula is C13H30N4S. The maximum atomic E-state index is 4.57. The highest BCUT2D eigenvalue weighted by molar-refractivity contribution is 7.98. The Hall–Kier alpha value is -0.420. The molecule has 0 fully saturated rings. The van der Waals surface area contributed by atoms with Gasteiger partial charge in [0.2, 0.25) is 0 Å². The Morgan fingerprint density at radius 1 is 1.17 bits per heavy atom. The summed E-state index contributed by atoms with van der Waals surface area (Å²) in [4.78, 5) is 6.76. The van der Waals surface area contributed by atoms with Gasteiger partial charge >= 0.3 is 0 Å². The van der Waals surface area contributed by atoms with E-state index in [9.17, 15) is 0 Å². The van der Waals surface area contributed by atoms with Crippen LogP contribution >= 0.6 is 11.8 Å². The van der Waals surface area contributed by atoms with Crippen molar-refractivity contribution in [2.45, 2.75) is 26.2 Å². The van der Waals surface area contributed by atoms with Crippen molar-refractivity contribution in [3.05, 3.63) is 0 Å². The maximum Gasteiger partial charge on any atom is 0.191 e. The van der Waals surface area contributed by atoms with Crippen LogP contribution in [0.1, 0.15) is 26.2 Å². The fourth-order valence-corrected chi connectivity index (χ4v) is 1.99. The summed E-state index contributed by atoms with van der Waals surface area (Å²) in [5.74, 6) is 2.21. The molecule has 4 nitrogen and oxygen atoms in total. The van der Waals surface area contributed by atoms with Crippen LogP contribution in [0.5, 0.6) is 0 Å². The van der Waals surface area contributed by atoms with E-state index < -0.39 is 0 Å². The minimum atomic E-state index is 0.887. The molecule has 0 aromatic heterocycles. The molecule has 0 aliphatic rings. The summed E-state index contributed by atoms with van der Waals surface area (Å²) in [5.41, 5.74) is 0. The van der Waals surface area contributed by atoms with Crippen LogP contribution in [0.15, 0.2) is 4.99 Å². The first-order valence-electron chi connectivity index (χ1n) is 6.86. The molecule has 0 atom stereocenters. The quantitative estimate of drug-likeness (QED) is 0.361. The minimum absolute atomic E-state index is 0.887. The number of unbranched alkanes of at least 4 members (excludes halogenated alkanes) is 1. The summed E-state index contributed by atoms with van der Waals surface area (Å²) in [7, 11) is 4.19. The van der Waals surface area contributed by atoms with Crippen molar-refractivity contribution in [2.75, 3.05) is 52.3 Å². The van der Waals surface area contributed by atoms with Crippen LogP contribution in [0.25, 0.3) is 0 Å². The molecule has 2 N–H and O–H groups in total. The lowest BCUT2D eigenvalue weighted by molar-refractivity contribution is 0.403. The van der Waals surface area contributed by atoms with Gasteiger partial charge in [-0.1, -0.05) is 0 Å². The third-order valence-electron chi connectivity index (χ3n) is 2.45. The average Bonchev–Trinajstić information content (AvgIpc) is 2.33. The van der Waals surface area contributed by atoms with E-state index in [0.717, 1.165) is 38.6 Å². The molecule has 5 heteroatoms. The van der Waals surface area contributed by atoms with E-state index in [0.29, 0.717) is 0 Å². The number of hydrogen-bond donors (Lipinski definition) is 2. The molecule has 0 rings (SSSR count). The molecule has 0 radical (unpaired) electrons. The molecule has 0 aliphatic carbocycles. The fourth-order valence-electron chi connectivity index (χ4n) is 1.50. The lowest BCUT2D eigenvalue weighted by Crippen LogP contribution is -2.38. The predicted molar refractivity (Wildman–Crippen MR) is 84.8 cm³/mol. The van der Waals surface area contributed by atoms with Gasteiger partial charge in [-0.05, 0) is 58.8 Å². The topological polar surface area (TPSA) is 39.7 Å². The van der Waals surface area contributed by atoms with Crippen LogP contribution in [0.4, 0.5) is 0 Å². The van der Waals surface area contributed by atoms with Crippen LogP contribution in [0, 0.1) is 0 Å². The van der Waals surface area contributed by atoms with Gasteiger partial charge in [0, 0.05) is 19.6 Å². The fraction of sp³-hybridized carbons (Fsp3) is 0.923. The molecule has 0 aromatic carbocycles. The Balaban J connectivity index is 3.71. The molecule has 0 saturated heterocycles. The lowest BCUT2D eigenvalue weighted by Gasteiger charge is -2.12. The lowest BCUT2D eigenvalue weighted by atomic mass is 10.3. The molecular weight excluding hydrogens is 244 g/mol. The molecule has 18 heavy (non-hydrogen) atoms. The van der Waals surface area contributed by atoms with E-state index in [1.54, 1.807) is 0 Å². The van der Waals surface area contributed by atoms with Crippen LogP contribution in [0.3, 0.4) is 0 Å². The highest BCUT2D eigenvalue weighted by Crippen LogP contribution is 1.97. The van der Waals surface area contributed by atoms with Crippen molar-refractivity contribution in [3.8, 4) is 0 Å². The Morgan fingerprint density at radius 2 is 1.94 bits per heavy atom. The zero-order valence-electron chi connectivity index (χ0n) is 12.5. The molecule has 0 saturated carbocycles. The van der Waals surface area contributed by atoms with Crippen molar-refractivity contribution >= 4 is 17.7 Å². The number of nitrogens with one attached hydrogen (secondary N) is 2. The third kappa shape index (κ3) is 12.0. The van der Waals surface area contributed by atoms with Gasteiger partial charge in [0.05, 0.1) is 0 Å². The van der Waals surface area contributed by atoms with Crippen LogP contribution in [-0.4, -0.2) is 63.1 Å². The molecule has 0 heterocycles. The molecule has 0 unspecified atom stereocenters. The standard InChI is InChI=1S/C13H30N4S/c1-5-14-13(15-9-6-7-12-18-4)16-10-8-11-17(2)3/h5-12H2,1-4H3,(H2,14,15,16). The Morgan fingerprint density at radius 3 is 2.56 bits per heavy atom. The van der Waals surface area contributed by atoms with Crippen molar-refractivity contribution in [3.63, 3.8) is 0 Å². The molecule has 0 amide bonds. The third-order valence-corrected chi connectivity index (χ3v) is 3.14. The first-order chi connectivity index (χ1) is 8.70. The van der Waals surface area contributed by atoms with Crippen molar-refractivity contribution in [2.24, 2.45) is 4.99 Å². The van der Waals surface area contributed by atoms with Gasteiger partial charge in [-0.3, -0.25) is 4.99 Å². The number of thioether (sulfide) groups is 1. The van der Waals surface area contributed by atoms with E-state index >= 15 is 0 Å². The van der Waals surface area contributed by atoms with E-state index in [1.807, 2.05) is 11.8 Å². The number of aliphatic imine (C=N–C) groups is 1. The molecule has 108 valence electrons. The van der Waals surface area contributed by atoms with Crippen LogP contribution in [0.2, 0.25) is 0 Å². The van der Waals surface area contributed by atoms with Crippen molar-refractivity contribution in [1.29, 1.82) is 0 Å². The maximum absolute atomic E-state index is 4.57. The summed E-state index contributed by atoms with van der Waals surface area (Å²) >= 11 is 1.91. The first kappa shape index (κ1) is 17.6. The van der Waals surface area contributed by atoms with E-state index in [4.69, 9.17) is 0 Å². The van der Waals surface area contributed by atoms with Crippen molar-refractivity contribution < 1.29 is 0 Å². The normalized spacial score (nSPS) is 11.9. The second-order valence-electron chi connectivity index (χ2n) is 4.54. The zero-order valence-corrected chi connectivity index (χ0v) is 13.3. The number of rotatable bonds is 10. The smallest absolute Gasteiger partial charge is 0.191 e. The molecule has 0 aliphatic heterocycles. The Bertz CT molecular complexity index is 207. The SMILES string of the molecule is CCNC(=NCCCN(C)C)NCCCCSC. The van der Waals surface area contributed by atoms with Crippen LogP contribution < -0.4 is 10.6 Å². The number of nitrogens with zero attached hydrogens (tertiary/aromatic N) is 2. The van der Waals surface area contributed by atoms with Gasteiger partial charge in [0.1, 0.15) is 0 Å².